The van der Waals surface area contributed by atoms with E-state index >= 15 is 0 Å². The Morgan fingerprint density at radius 2 is 1.85 bits per heavy atom. The average molecular weight is 382 g/mol. The summed E-state index contributed by atoms with van der Waals surface area (Å²) >= 11 is 1.26. The second-order valence-corrected chi connectivity index (χ2v) is 7.36. The minimum atomic E-state index is -0.380. The highest BCUT2D eigenvalue weighted by atomic mass is 32.2. The molecule has 0 N–H and O–H groups in total. The van der Waals surface area contributed by atoms with Crippen molar-refractivity contribution in [1.29, 1.82) is 0 Å². The first-order valence-corrected chi connectivity index (χ1v) is 9.39. The van der Waals surface area contributed by atoms with E-state index in [1.54, 1.807) is 6.20 Å². The van der Waals surface area contributed by atoms with Crippen LogP contribution in [0.25, 0.3) is 10.9 Å². The van der Waals surface area contributed by atoms with Crippen molar-refractivity contribution in [3.8, 4) is 0 Å². The first-order chi connectivity index (χ1) is 13.1. The zero-order valence-corrected chi connectivity index (χ0v) is 15.6. The lowest BCUT2D eigenvalue weighted by Gasteiger charge is -2.32. The molecule has 0 unspecified atom stereocenters. The van der Waals surface area contributed by atoms with Crippen molar-refractivity contribution in [2.75, 3.05) is 38.1 Å². The molecule has 0 saturated carbocycles. The maximum Gasteiger partial charge on any atom is 0.343 e. The number of pyridine rings is 1. The molecule has 4 rings (SSSR count). The van der Waals surface area contributed by atoms with E-state index in [-0.39, 0.29) is 10.6 Å². The fourth-order valence-corrected chi connectivity index (χ4v) is 4.09. The van der Waals surface area contributed by atoms with E-state index in [9.17, 15) is 10.1 Å². The van der Waals surface area contributed by atoms with Gasteiger partial charge >= 0.3 is 5.69 Å². The molecule has 1 saturated heterocycles. The Morgan fingerprint density at radius 3 is 2.63 bits per heavy atom. The van der Waals surface area contributed by atoms with Gasteiger partial charge in [-0.3, -0.25) is 15.1 Å². The third-order valence-electron chi connectivity index (χ3n) is 4.56. The molecule has 27 heavy (non-hydrogen) atoms. The van der Waals surface area contributed by atoms with E-state index in [0.29, 0.717) is 23.9 Å². The van der Waals surface area contributed by atoms with E-state index in [1.165, 1.54) is 18.1 Å². The summed E-state index contributed by atoms with van der Waals surface area (Å²) in [6.45, 7) is 3.09. The summed E-state index contributed by atoms with van der Waals surface area (Å²) in [5.41, 5.74) is 0.763. The Hall–Kier alpha value is -2.78. The molecular formula is C18H18N6O2S. The maximum atomic E-state index is 11.9. The second kappa shape index (κ2) is 7.45. The van der Waals surface area contributed by atoms with Gasteiger partial charge in [0, 0.05) is 42.7 Å². The van der Waals surface area contributed by atoms with Crippen LogP contribution in [0.4, 0.5) is 11.5 Å². The van der Waals surface area contributed by atoms with Gasteiger partial charge in [-0.1, -0.05) is 30.0 Å². The van der Waals surface area contributed by atoms with E-state index in [0.717, 1.165) is 28.9 Å². The normalized spacial score (nSPS) is 15.2. The van der Waals surface area contributed by atoms with Crippen molar-refractivity contribution < 1.29 is 4.92 Å². The van der Waals surface area contributed by atoms with Crippen LogP contribution in [-0.4, -0.2) is 58.0 Å². The predicted octanol–water partition coefficient (Wildman–Crippen LogP) is 2.84. The summed E-state index contributed by atoms with van der Waals surface area (Å²) in [5.74, 6) is 0.388. The smallest absolute Gasteiger partial charge is 0.343 e. The number of rotatable bonds is 4. The molecule has 8 nitrogen and oxygen atoms in total. The molecule has 0 bridgehead atoms. The third kappa shape index (κ3) is 3.56. The number of nitrogens with zero attached hydrogens (tertiary/aromatic N) is 6. The zero-order chi connectivity index (χ0) is 18.8. The Bertz CT molecular complexity index is 985. The summed E-state index contributed by atoms with van der Waals surface area (Å²) in [7, 11) is 2.04. The molecular weight excluding hydrogens is 364 g/mol. The Kier molecular flexibility index (Phi) is 4.87. The van der Waals surface area contributed by atoms with Crippen molar-refractivity contribution in [1.82, 2.24) is 19.9 Å². The number of fused-ring (bicyclic) bond motifs is 1. The fourth-order valence-electron chi connectivity index (χ4n) is 3.10. The fraction of sp³-hybridized carbons (Fsp3) is 0.278. The lowest BCUT2D eigenvalue weighted by atomic mass is 10.2. The topological polar surface area (TPSA) is 88.3 Å². The SMILES string of the molecule is CN1CCN(c2ncnc(Sc3cccc4cccnc34)c2[N+](=O)[O-])CC1. The summed E-state index contributed by atoms with van der Waals surface area (Å²) in [6, 6.07) is 9.63. The van der Waals surface area contributed by atoms with Crippen molar-refractivity contribution in [2.45, 2.75) is 9.92 Å². The highest BCUT2D eigenvalue weighted by Crippen LogP contribution is 2.39. The Labute approximate surface area is 160 Å². The molecule has 1 aliphatic rings. The quantitative estimate of drug-likeness (QED) is 0.387. The van der Waals surface area contributed by atoms with Gasteiger partial charge in [-0.25, -0.2) is 9.97 Å². The monoisotopic (exact) mass is 382 g/mol. The van der Waals surface area contributed by atoms with Crippen molar-refractivity contribution >= 4 is 34.2 Å². The van der Waals surface area contributed by atoms with Crippen LogP contribution < -0.4 is 4.90 Å². The summed E-state index contributed by atoms with van der Waals surface area (Å²) in [6.07, 6.45) is 3.12. The van der Waals surface area contributed by atoms with Crippen LogP contribution in [0.2, 0.25) is 0 Å². The Morgan fingerprint density at radius 1 is 1.07 bits per heavy atom. The van der Waals surface area contributed by atoms with Gasteiger partial charge in [0.15, 0.2) is 5.03 Å². The second-order valence-electron chi connectivity index (χ2n) is 6.33. The van der Waals surface area contributed by atoms with Crippen LogP contribution >= 0.6 is 11.8 Å². The highest BCUT2D eigenvalue weighted by Gasteiger charge is 2.29. The number of nitro groups is 1. The van der Waals surface area contributed by atoms with Crippen molar-refractivity contribution in [3.05, 3.63) is 53.0 Å². The molecule has 0 radical (unpaired) electrons. The molecule has 0 spiro atoms. The molecule has 9 heteroatoms. The number of likely N-dealkylation sites (N-methyl/N-ethyl adjacent to an activating group) is 1. The molecule has 0 amide bonds. The number of benzene rings is 1. The molecule has 0 atom stereocenters. The standard InChI is InChI=1S/C18H18N6O2S/c1-22-8-10-23(11-9-22)17-16(24(25)26)18(21-12-20-17)27-14-6-2-4-13-5-3-7-19-15(13)14/h2-7,12H,8-11H2,1H3. The average Bonchev–Trinajstić information content (AvgIpc) is 2.68. The van der Waals surface area contributed by atoms with Crippen LogP contribution in [-0.2, 0) is 0 Å². The van der Waals surface area contributed by atoms with Crippen LogP contribution in [0.15, 0.2) is 52.8 Å². The van der Waals surface area contributed by atoms with Crippen molar-refractivity contribution in [2.24, 2.45) is 0 Å². The van der Waals surface area contributed by atoms with Gasteiger partial charge in [0.05, 0.1) is 10.4 Å². The number of aromatic nitrogens is 3. The van der Waals surface area contributed by atoms with Gasteiger partial charge in [-0.05, 0) is 19.2 Å². The number of hydrogen-bond acceptors (Lipinski definition) is 8. The molecule has 2 aromatic heterocycles. The summed E-state index contributed by atoms with van der Waals surface area (Å²) < 4.78 is 0. The van der Waals surface area contributed by atoms with Gasteiger partial charge in [0.1, 0.15) is 6.33 Å². The summed E-state index contributed by atoms with van der Waals surface area (Å²) in [5, 5.41) is 13.2. The van der Waals surface area contributed by atoms with Crippen LogP contribution in [0.3, 0.4) is 0 Å². The van der Waals surface area contributed by atoms with Crippen LogP contribution in [0.5, 0.6) is 0 Å². The highest BCUT2D eigenvalue weighted by molar-refractivity contribution is 7.99. The molecule has 3 heterocycles. The molecule has 0 aliphatic carbocycles. The molecule has 1 aromatic carbocycles. The number of anilines is 1. The van der Waals surface area contributed by atoms with E-state index in [4.69, 9.17) is 0 Å². The van der Waals surface area contributed by atoms with Gasteiger partial charge in [0.25, 0.3) is 0 Å². The van der Waals surface area contributed by atoms with Gasteiger partial charge in [-0.15, -0.1) is 0 Å². The molecule has 3 aromatic rings. The predicted molar refractivity (Wildman–Crippen MR) is 104 cm³/mol. The van der Waals surface area contributed by atoms with E-state index in [2.05, 4.69) is 19.9 Å². The minimum Gasteiger partial charge on any atom is -0.348 e. The number of hydrogen-bond donors (Lipinski definition) is 0. The molecule has 138 valence electrons. The largest absolute Gasteiger partial charge is 0.348 e. The molecule has 1 fully saturated rings. The van der Waals surface area contributed by atoms with E-state index < -0.39 is 0 Å². The number of piperazine rings is 1. The van der Waals surface area contributed by atoms with Crippen LogP contribution in [0.1, 0.15) is 0 Å². The minimum absolute atomic E-state index is 0.0417. The Balaban J connectivity index is 1.74. The number of para-hydroxylation sites is 1. The third-order valence-corrected chi connectivity index (χ3v) is 5.60. The van der Waals surface area contributed by atoms with Gasteiger partial charge in [-0.2, -0.15) is 0 Å². The molecule has 1 aliphatic heterocycles. The van der Waals surface area contributed by atoms with Crippen LogP contribution in [0, 0.1) is 10.1 Å². The van der Waals surface area contributed by atoms with E-state index in [1.807, 2.05) is 42.3 Å². The van der Waals surface area contributed by atoms with Gasteiger partial charge < -0.3 is 9.80 Å². The first-order valence-electron chi connectivity index (χ1n) is 8.58. The first kappa shape index (κ1) is 17.6. The van der Waals surface area contributed by atoms with Gasteiger partial charge in [0.2, 0.25) is 5.82 Å². The maximum absolute atomic E-state index is 11.9. The lowest BCUT2D eigenvalue weighted by molar-refractivity contribution is -0.387. The van der Waals surface area contributed by atoms with Crippen molar-refractivity contribution in [3.63, 3.8) is 0 Å². The lowest BCUT2D eigenvalue weighted by Crippen LogP contribution is -2.45. The summed E-state index contributed by atoms with van der Waals surface area (Å²) in [4.78, 5) is 29.4. The zero-order valence-electron chi connectivity index (χ0n) is 14.8.